The highest BCUT2D eigenvalue weighted by atomic mass is 32.1. The van der Waals surface area contributed by atoms with Gasteiger partial charge in [-0.25, -0.2) is 4.98 Å². The number of carbonyl (C=O) groups excluding carboxylic acids is 1. The fourth-order valence-corrected chi connectivity index (χ4v) is 4.28. The van der Waals surface area contributed by atoms with Crippen molar-refractivity contribution in [2.45, 2.75) is 38.7 Å². The minimum atomic E-state index is -0.593. The molecule has 23 heavy (non-hydrogen) atoms. The smallest absolute Gasteiger partial charge is 0.309 e. The monoisotopic (exact) mass is 331 g/mol. The number of nitrogens with zero attached hydrogens (tertiary/aromatic N) is 1. The zero-order valence-electron chi connectivity index (χ0n) is 13.5. The summed E-state index contributed by atoms with van der Waals surface area (Å²) in [4.78, 5) is 17.9. The lowest BCUT2D eigenvalue weighted by Gasteiger charge is -2.35. The number of benzene rings is 1. The third-order valence-corrected chi connectivity index (χ3v) is 5.49. The molecular formula is C18H21NO3S. The Morgan fingerprint density at radius 3 is 2.83 bits per heavy atom. The molecule has 0 aliphatic carbocycles. The molecule has 3 rings (SSSR count). The van der Waals surface area contributed by atoms with Crippen molar-refractivity contribution in [3.05, 3.63) is 40.9 Å². The van der Waals surface area contributed by atoms with Gasteiger partial charge in [-0.3, -0.25) is 4.79 Å². The average molecular weight is 331 g/mol. The third-order valence-electron chi connectivity index (χ3n) is 4.16. The van der Waals surface area contributed by atoms with E-state index < -0.39 is 5.60 Å². The molecule has 0 saturated heterocycles. The van der Waals surface area contributed by atoms with Crippen LogP contribution in [0.15, 0.2) is 30.3 Å². The van der Waals surface area contributed by atoms with Crippen LogP contribution in [-0.4, -0.2) is 24.2 Å². The Morgan fingerprint density at radius 2 is 2.13 bits per heavy atom. The van der Waals surface area contributed by atoms with Gasteiger partial charge in [0.25, 0.3) is 0 Å². The molecule has 1 aromatic carbocycles. The zero-order chi connectivity index (χ0) is 16.3. The lowest BCUT2D eigenvalue weighted by Crippen LogP contribution is -2.36. The maximum absolute atomic E-state index is 12.0. The zero-order valence-corrected chi connectivity index (χ0v) is 14.3. The standard InChI is InChI=1S/C18H21NO3S/c1-3-18(12-15(20)21-4-2)16-14(10-11-22-18)19-17(23-16)13-8-6-5-7-9-13/h5-9H,3-4,10-12H2,1-2H3. The summed E-state index contributed by atoms with van der Waals surface area (Å²) >= 11 is 1.64. The van der Waals surface area contributed by atoms with Crippen LogP contribution in [0.2, 0.25) is 0 Å². The van der Waals surface area contributed by atoms with Crippen molar-refractivity contribution in [3.63, 3.8) is 0 Å². The van der Waals surface area contributed by atoms with Crippen molar-refractivity contribution in [2.75, 3.05) is 13.2 Å². The summed E-state index contributed by atoms with van der Waals surface area (Å²) in [6, 6.07) is 10.1. The molecular weight excluding hydrogens is 310 g/mol. The van der Waals surface area contributed by atoms with Crippen molar-refractivity contribution in [1.29, 1.82) is 0 Å². The van der Waals surface area contributed by atoms with Gasteiger partial charge in [-0.15, -0.1) is 11.3 Å². The van der Waals surface area contributed by atoms with Crippen molar-refractivity contribution >= 4 is 17.3 Å². The van der Waals surface area contributed by atoms with E-state index in [1.807, 2.05) is 25.1 Å². The van der Waals surface area contributed by atoms with Gasteiger partial charge in [0.1, 0.15) is 10.6 Å². The Labute approximate surface area is 140 Å². The van der Waals surface area contributed by atoms with Crippen molar-refractivity contribution in [1.82, 2.24) is 4.98 Å². The second-order valence-electron chi connectivity index (χ2n) is 5.59. The molecule has 1 atom stereocenters. The van der Waals surface area contributed by atoms with Crippen LogP contribution < -0.4 is 0 Å². The lowest BCUT2D eigenvalue weighted by molar-refractivity contribution is -0.154. The molecule has 0 fully saturated rings. The number of carbonyl (C=O) groups is 1. The number of ether oxygens (including phenoxy) is 2. The number of fused-ring (bicyclic) bond motifs is 1. The first-order valence-corrected chi connectivity index (χ1v) is 8.85. The number of aromatic nitrogens is 1. The van der Waals surface area contributed by atoms with Crippen LogP contribution in [0.3, 0.4) is 0 Å². The fraction of sp³-hybridized carbons (Fsp3) is 0.444. The fourth-order valence-electron chi connectivity index (χ4n) is 2.95. The second kappa shape index (κ2) is 6.81. The second-order valence-corrected chi connectivity index (χ2v) is 6.59. The molecule has 0 bridgehead atoms. The van der Waals surface area contributed by atoms with E-state index in [-0.39, 0.29) is 12.4 Å². The average Bonchev–Trinajstić information content (AvgIpc) is 3.01. The van der Waals surface area contributed by atoms with Crippen LogP contribution in [0.5, 0.6) is 0 Å². The topological polar surface area (TPSA) is 48.4 Å². The quantitative estimate of drug-likeness (QED) is 0.779. The van der Waals surface area contributed by atoms with E-state index in [2.05, 4.69) is 19.1 Å². The molecule has 122 valence electrons. The van der Waals surface area contributed by atoms with Crippen LogP contribution in [0.4, 0.5) is 0 Å². The van der Waals surface area contributed by atoms with Crippen LogP contribution >= 0.6 is 11.3 Å². The van der Waals surface area contributed by atoms with Crippen LogP contribution in [0, 0.1) is 0 Å². The van der Waals surface area contributed by atoms with Gasteiger partial charge in [0.2, 0.25) is 0 Å². The van der Waals surface area contributed by atoms with E-state index >= 15 is 0 Å². The van der Waals surface area contributed by atoms with Gasteiger partial charge in [0.15, 0.2) is 0 Å². The van der Waals surface area contributed by atoms with E-state index in [1.165, 1.54) is 0 Å². The molecule has 0 amide bonds. The summed E-state index contributed by atoms with van der Waals surface area (Å²) in [7, 11) is 0. The molecule has 0 saturated carbocycles. The van der Waals surface area contributed by atoms with Crippen LogP contribution in [0.1, 0.15) is 37.3 Å². The van der Waals surface area contributed by atoms with Crippen LogP contribution in [0.25, 0.3) is 10.6 Å². The first kappa shape index (κ1) is 16.1. The Balaban J connectivity index is 1.97. The van der Waals surface area contributed by atoms with Gasteiger partial charge >= 0.3 is 5.97 Å². The largest absolute Gasteiger partial charge is 0.466 e. The lowest BCUT2D eigenvalue weighted by atomic mass is 9.90. The highest BCUT2D eigenvalue weighted by Gasteiger charge is 2.41. The van der Waals surface area contributed by atoms with Gasteiger partial charge in [0, 0.05) is 12.0 Å². The van der Waals surface area contributed by atoms with Crippen molar-refractivity contribution in [3.8, 4) is 10.6 Å². The highest BCUT2D eigenvalue weighted by Crippen LogP contribution is 2.44. The molecule has 4 nitrogen and oxygen atoms in total. The number of hydrogen-bond donors (Lipinski definition) is 0. The first-order chi connectivity index (χ1) is 11.2. The van der Waals surface area contributed by atoms with E-state index in [4.69, 9.17) is 14.5 Å². The summed E-state index contributed by atoms with van der Waals surface area (Å²) in [6.07, 6.45) is 1.78. The van der Waals surface area contributed by atoms with Gasteiger partial charge in [-0.2, -0.15) is 0 Å². The van der Waals surface area contributed by atoms with Crippen molar-refractivity contribution < 1.29 is 14.3 Å². The summed E-state index contributed by atoms with van der Waals surface area (Å²) in [5.41, 5.74) is 1.57. The molecule has 0 N–H and O–H groups in total. The van der Waals surface area contributed by atoms with Gasteiger partial charge in [0.05, 0.1) is 30.2 Å². The summed E-state index contributed by atoms with van der Waals surface area (Å²) in [6.45, 7) is 4.86. The molecule has 1 aliphatic heterocycles. The molecule has 1 aromatic heterocycles. The van der Waals surface area contributed by atoms with Gasteiger partial charge < -0.3 is 9.47 Å². The molecule has 1 unspecified atom stereocenters. The molecule has 0 radical (unpaired) electrons. The van der Waals surface area contributed by atoms with Crippen LogP contribution in [-0.2, 0) is 26.3 Å². The predicted molar refractivity (Wildman–Crippen MR) is 90.4 cm³/mol. The molecule has 2 heterocycles. The first-order valence-electron chi connectivity index (χ1n) is 8.03. The minimum Gasteiger partial charge on any atom is -0.466 e. The number of thiazole rings is 1. The SMILES string of the molecule is CCOC(=O)CC1(CC)OCCc2nc(-c3ccccc3)sc21. The Hall–Kier alpha value is -1.72. The summed E-state index contributed by atoms with van der Waals surface area (Å²) in [5, 5.41) is 0.989. The van der Waals surface area contributed by atoms with E-state index in [9.17, 15) is 4.79 Å². The Bertz CT molecular complexity index is 683. The maximum Gasteiger partial charge on any atom is 0.309 e. The molecule has 0 spiro atoms. The maximum atomic E-state index is 12.0. The van der Waals surface area contributed by atoms with E-state index in [1.54, 1.807) is 11.3 Å². The Kier molecular flexibility index (Phi) is 4.78. The number of esters is 1. The third kappa shape index (κ3) is 3.16. The predicted octanol–water partition coefficient (Wildman–Crippen LogP) is 3.94. The molecule has 1 aliphatic rings. The Morgan fingerprint density at radius 1 is 1.35 bits per heavy atom. The highest BCUT2D eigenvalue weighted by molar-refractivity contribution is 7.15. The van der Waals surface area contributed by atoms with Gasteiger partial charge in [-0.1, -0.05) is 37.3 Å². The molecule has 5 heteroatoms. The molecule has 2 aromatic rings. The van der Waals surface area contributed by atoms with E-state index in [0.717, 1.165) is 34.0 Å². The van der Waals surface area contributed by atoms with E-state index in [0.29, 0.717) is 13.2 Å². The number of hydrogen-bond acceptors (Lipinski definition) is 5. The van der Waals surface area contributed by atoms with Gasteiger partial charge in [-0.05, 0) is 13.3 Å². The van der Waals surface area contributed by atoms with Crippen molar-refractivity contribution in [2.24, 2.45) is 0 Å². The summed E-state index contributed by atoms with van der Waals surface area (Å²) in [5.74, 6) is -0.211. The summed E-state index contributed by atoms with van der Waals surface area (Å²) < 4.78 is 11.2. The normalized spacial score (nSPS) is 20.1. The minimum absolute atomic E-state index is 0.211. The number of rotatable bonds is 5.